The molecule has 0 spiro atoms. The van der Waals surface area contributed by atoms with Crippen LogP contribution in [-0.2, 0) is 0 Å². The molecule has 0 radical (unpaired) electrons. The first-order valence-corrected chi connectivity index (χ1v) is 10.6. The van der Waals surface area contributed by atoms with Crippen molar-refractivity contribution in [3.05, 3.63) is 71.8 Å². The Kier molecular flexibility index (Phi) is 6.21. The van der Waals surface area contributed by atoms with Gasteiger partial charge in [0.05, 0.1) is 5.56 Å². The Morgan fingerprint density at radius 3 is 2.03 bits per heavy atom. The summed E-state index contributed by atoms with van der Waals surface area (Å²) in [6.45, 7) is 11.8. The third-order valence-electron chi connectivity index (χ3n) is 5.28. The van der Waals surface area contributed by atoms with Crippen LogP contribution < -0.4 is 9.47 Å². The number of fused-ring (bicyclic) bond motifs is 1. The maximum Gasteiger partial charge on any atom is 0.343 e. The van der Waals surface area contributed by atoms with Crippen molar-refractivity contribution in [3.63, 3.8) is 0 Å². The Hall–Kier alpha value is -3.14. The van der Waals surface area contributed by atoms with Gasteiger partial charge in [-0.25, -0.2) is 4.79 Å². The topological polar surface area (TPSA) is 52.6 Å². The average Bonchev–Trinajstić information content (AvgIpc) is 2.71. The number of benzene rings is 3. The van der Waals surface area contributed by atoms with Crippen LogP contribution in [0.15, 0.2) is 60.7 Å². The van der Waals surface area contributed by atoms with E-state index in [1.165, 1.54) is 0 Å². The number of Topliss-reactive ketones (excluding diaryl/α,β-unsaturated/α-hetero) is 1. The van der Waals surface area contributed by atoms with Crippen LogP contribution in [-0.4, -0.2) is 17.4 Å². The summed E-state index contributed by atoms with van der Waals surface area (Å²) in [6.07, 6.45) is 0.721. The van der Waals surface area contributed by atoms with Gasteiger partial charge in [0.25, 0.3) is 0 Å². The molecule has 0 aliphatic heterocycles. The van der Waals surface area contributed by atoms with Gasteiger partial charge in [0.15, 0.2) is 5.78 Å². The second-order valence-electron chi connectivity index (χ2n) is 9.42. The van der Waals surface area contributed by atoms with Crippen LogP contribution in [0.3, 0.4) is 0 Å². The molecule has 0 heterocycles. The number of rotatable bonds is 6. The number of ketones is 1. The van der Waals surface area contributed by atoms with Gasteiger partial charge in [-0.3, -0.25) is 4.79 Å². The van der Waals surface area contributed by atoms with Crippen LogP contribution in [0.25, 0.3) is 10.8 Å². The second kappa shape index (κ2) is 8.54. The predicted octanol–water partition coefficient (Wildman–Crippen LogP) is 6.86. The van der Waals surface area contributed by atoms with Gasteiger partial charge in [-0.1, -0.05) is 45.0 Å². The number of carbonyl (C=O) groups excluding carboxylic acids is 2. The van der Waals surface area contributed by atoms with E-state index in [9.17, 15) is 9.59 Å². The van der Waals surface area contributed by atoms with Crippen LogP contribution >= 0.6 is 0 Å². The zero-order chi connectivity index (χ0) is 22.8. The van der Waals surface area contributed by atoms with Crippen molar-refractivity contribution in [1.29, 1.82) is 0 Å². The summed E-state index contributed by atoms with van der Waals surface area (Å²) in [6, 6.07) is 18.1. The van der Waals surface area contributed by atoms with E-state index < -0.39 is 11.4 Å². The molecule has 4 nitrogen and oxygen atoms in total. The molecule has 4 heteroatoms. The highest BCUT2D eigenvalue weighted by atomic mass is 16.5. The lowest BCUT2D eigenvalue weighted by Gasteiger charge is -2.21. The number of hydrogen-bond donors (Lipinski definition) is 0. The smallest absolute Gasteiger partial charge is 0.343 e. The van der Waals surface area contributed by atoms with Gasteiger partial charge in [-0.15, -0.1) is 0 Å². The molecule has 0 N–H and O–H groups in total. The maximum absolute atomic E-state index is 12.7. The average molecular weight is 419 g/mol. The molecule has 0 saturated carbocycles. The molecule has 0 aliphatic carbocycles. The number of esters is 1. The molecular formula is C27H30O4. The zero-order valence-electron chi connectivity index (χ0n) is 19.1. The molecule has 162 valence electrons. The minimum Gasteiger partial charge on any atom is -0.488 e. The summed E-state index contributed by atoms with van der Waals surface area (Å²) in [7, 11) is 0. The highest BCUT2D eigenvalue weighted by Gasteiger charge is 2.27. The van der Waals surface area contributed by atoms with Gasteiger partial charge in [0.2, 0.25) is 0 Å². The first kappa shape index (κ1) is 22.5. The third kappa shape index (κ3) is 5.52. The van der Waals surface area contributed by atoms with E-state index in [1.807, 2.05) is 71.9 Å². The van der Waals surface area contributed by atoms with Crippen LogP contribution in [0.4, 0.5) is 0 Å². The van der Waals surface area contributed by atoms with E-state index in [-0.39, 0.29) is 11.4 Å². The lowest BCUT2D eigenvalue weighted by Crippen LogP contribution is -2.23. The van der Waals surface area contributed by atoms with E-state index in [0.29, 0.717) is 16.9 Å². The van der Waals surface area contributed by atoms with Crippen molar-refractivity contribution in [2.75, 3.05) is 0 Å². The Labute approximate surface area is 184 Å². The maximum atomic E-state index is 12.7. The molecule has 0 aliphatic rings. The van der Waals surface area contributed by atoms with Crippen molar-refractivity contribution in [2.45, 2.75) is 53.6 Å². The molecule has 0 saturated heterocycles. The fraction of sp³-hybridized carbons (Fsp3) is 0.333. The van der Waals surface area contributed by atoms with Crippen molar-refractivity contribution < 1.29 is 19.1 Å². The van der Waals surface area contributed by atoms with Gasteiger partial charge >= 0.3 is 5.97 Å². The lowest BCUT2D eigenvalue weighted by molar-refractivity contribution is 0.0735. The van der Waals surface area contributed by atoms with Crippen LogP contribution in [0.5, 0.6) is 11.5 Å². The summed E-state index contributed by atoms with van der Waals surface area (Å²) >= 11 is 0. The second-order valence-corrected chi connectivity index (χ2v) is 9.42. The van der Waals surface area contributed by atoms with Gasteiger partial charge in [0.1, 0.15) is 17.1 Å². The summed E-state index contributed by atoms with van der Waals surface area (Å²) in [4.78, 5) is 25.5. The Bertz CT molecular complexity index is 1120. The monoisotopic (exact) mass is 418 g/mol. The SMILES string of the molecule is CCC(C)(C)C(=O)c1cccc(C(=O)Oc2ccc3ccc(OC(C)(C)C)cc3c2)c1. The molecule has 0 fully saturated rings. The minimum atomic E-state index is -0.495. The quantitative estimate of drug-likeness (QED) is 0.249. The van der Waals surface area contributed by atoms with E-state index in [1.54, 1.807) is 30.3 Å². The molecule has 31 heavy (non-hydrogen) atoms. The van der Waals surface area contributed by atoms with Crippen LogP contribution in [0.1, 0.15) is 68.7 Å². The summed E-state index contributed by atoms with van der Waals surface area (Å²) in [5.74, 6) is 0.719. The first-order valence-electron chi connectivity index (χ1n) is 10.6. The Balaban J connectivity index is 1.83. The van der Waals surface area contributed by atoms with E-state index in [2.05, 4.69) is 0 Å². The Morgan fingerprint density at radius 1 is 0.774 bits per heavy atom. The molecular weight excluding hydrogens is 388 g/mol. The highest BCUT2D eigenvalue weighted by Crippen LogP contribution is 2.28. The molecule has 0 amide bonds. The molecule has 0 unspecified atom stereocenters. The van der Waals surface area contributed by atoms with Crippen LogP contribution in [0, 0.1) is 5.41 Å². The number of ether oxygens (including phenoxy) is 2. The summed E-state index contributed by atoms with van der Waals surface area (Å²) in [5.41, 5.74) is 0.0896. The van der Waals surface area contributed by atoms with Crippen molar-refractivity contribution in [3.8, 4) is 11.5 Å². The highest BCUT2D eigenvalue weighted by molar-refractivity contribution is 6.02. The number of carbonyl (C=O) groups is 2. The summed E-state index contributed by atoms with van der Waals surface area (Å²) < 4.78 is 11.5. The largest absolute Gasteiger partial charge is 0.488 e. The normalized spacial score (nSPS) is 11.9. The first-order chi connectivity index (χ1) is 14.5. The fourth-order valence-corrected chi connectivity index (χ4v) is 3.19. The third-order valence-corrected chi connectivity index (χ3v) is 5.28. The molecule has 0 aromatic heterocycles. The predicted molar refractivity (Wildman–Crippen MR) is 124 cm³/mol. The van der Waals surface area contributed by atoms with E-state index >= 15 is 0 Å². The fourth-order valence-electron chi connectivity index (χ4n) is 3.19. The Morgan fingerprint density at radius 2 is 1.39 bits per heavy atom. The van der Waals surface area contributed by atoms with Gasteiger partial charge in [-0.05, 0) is 74.4 Å². The van der Waals surface area contributed by atoms with Gasteiger partial charge < -0.3 is 9.47 Å². The minimum absolute atomic E-state index is 0.0155. The zero-order valence-corrected chi connectivity index (χ0v) is 19.1. The van der Waals surface area contributed by atoms with Crippen molar-refractivity contribution in [1.82, 2.24) is 0 Å². The van der Waals surface area contributed by atoms with Gasteiger partial charge in [0, 0.05) is 11.0 Å². The standard InChI is InChI=1S/C27H30O4/c1-7-27(5,6)24(28)19-9-8-10-20(15-19)25(29)30-22-13-11-18-12-14-23(17-21(18)16-22)31-26(2,3)4/h8-17H,7H2,1-6H3. The van der Waals surface area contributed by atoms with E-state index in [0.717, 1.165) is 22.9 Å². The molecule has 0 atom stereocenters. The molecule has 3 rings (SSSR count). The molecule has 0 bridgehead atoms. The van der Waals surface area contributed by atoms with E-state index in [4.69, 9.17) is 9.47 Å². The van der Waals surface area contributed by atoms with Crippen molar-refractivity contribution in [2.24, 2.45) is 5.41 Å². The molecule has 3 aromatic carbocycles. The van der Waals surface area contributed by atoms with Gasteiger partial charge in [-0.2, -0.15) is 0 Å². The van der Waals surface area contributed by atoms with Crippen molar-refractivity contribution >= 4 is 22.5 Å². The number of hydrogen-bond acceptors (Lipinski definition) is 4. The lowest BCUT2D eigenvalue weighted by atomic mass is 9.82. The summed E-state index contributed by atoms with van der Waals surface area (Å²) in [5, 5.41) is 1.94. The molecule has 3 aromatic rings. The van der Waals surface area contributed by atoms with Crippen LogP contribution in [0.2, 0.25) is 0 Å².